The second-order valence-corrected chi connectivity index (χ2v) is 8.92. The van der Waals surface area contributed by atoms with Crippen molar-refractivity contribution in [3.8, 4) is 5.75 Å². The zero-order valence-corrected chi connectivity index (χ0v) is 19.7. The van der Waals surface area contributed by atoms with E-state index in [1.807, 2.05) is 25.1 Å². The minimum absolute atomic E-state index is 0.0895. The number of unbranched alkanes of at least 4 members (excludes halogenated alkanes) is 1. The summed E-state index contributed by atoms with van der Waals surface area (Å²) in [5.41, 5.74) is 2.80. The monoisotopic (exact) mass is 486 g/mol. The Labute approximate surface area is 203 Å². The highest BCUT2D eigenvalue weighted by Crippen LogP contribution is 2.38. The number of allylic oxidation sites excluding steroid dienone is 1. The van der Waals surface area contributed by atoms with E-state index in [0.29, 0.717) is 42.6 Å². The molecule has 1 N–H and O–H groups in total. The quantitative estimate of drug-likeness (QED) is 0.500. The molecular weight excluding hydrogens is 457 g/mol. The third-order valence-corrected chi connectivity index (χ3v) is 6.32. The highest BCUT2D eigenvalue weighted by molar-refractivity contribution is 6.05. The van der Waals surface area contributed by atoms with Crippen molar-refractivity contribution in [2.75, 3.05) is 23.4 Å². The highest BCUT2D eigenvalue weighted by Gasteiger charge is 2.32. The second-order valence-electron chi connectivity index (χ2n) is 8.92. The summed E-state index contributed by atoms with van der Waals surface area (Å²) in [6, 6.07) is 8.93. The number of benzene rings is 2. The molecule has 0 spiro atoms. The van der Waals surface area contributed by atoms with Crippen LogP contribution < -0.4 is 15.0 Å². The van der Waals surface area contributed by atoms with Gasteiger partial charge < -0.3 is 15.0 Å². The van der Waals surface area contributed by atoms with Gasteiger partial charge in [0.25, 0.3) is 0 Å². The molecule has 0 unspecified atom stereocenters. The zero-order chi connectivity index (χ0) is 25.0. The third kappa shape index (κ3) is 5.86. The molecule has 2 aromatic carbocycles. The van der Waals surface area contributed by atoms with Crippen LogP contribution in [0, 0.1) is 0 Å². The van der Waals surface area contributed by atoms with Gasteiger partial charge >= 0.3 is 6.18 Å². The molecule has 8 heteroatoms. The van der Waals surface area contributed by atoms with Crippen LogP contribution in [0.5, 0.6) is 5.75 Å². The number of carbonyl (C=O) groups is 2. The first kappa shape index (κ1) is 24.8. The zero-order valence-electron chi connectivity index (χ0n) is 19.7. The number of fused-ring (bicyclic) bond motifs is 2. The Hall–Kier alpha value is -3.29. The van der Waals surface area contributed by atoms with Gasteiger partial charge in [0.05, 0.1) is 12.2 Å². The van der Waals surface area contributed by atoms with E-state index in [-0.39, 0.29) is 24.2 Å². The molecule has 0 radical (unpaired) electrons. The van der Waals surface area contributed by atoms with E-state index in [2.05, 4.69) is 5.32 Å². The number of alkyl halides is 3. The lowest BCUT2D eigenvalue weighted by Crippen LogP contribution is -2.35. The topological polar surface area (TPSA) is 58.6 Å². The highest BCUT2D eigenvalue weighted by atomic mass is 19.4. The van der Waals surface area contributed by atoms with Gasteiger partial charge in [-0.15, -0.1) is 0 Å². The van der Waals surface area contributed by atoms with Gasteiger partial charge in [-0.3, -0.25) is 9.59 Å². The fourth-order valence-corrected chi connectivity index (χ4v) is 4.52. The smallest absolute Gasteiger partial charge is 0.416 e. The Morgan fingerprint density at radius 3 is 2.71 bits per heavy atom. The molecule has 5 nitrogen and oxygen atoms in total. The van der Waals surface area contributed by atoms with Crippen LogP contribution in [-0.4, -0.2) is 25.0 Å². The lowest BCUT2D eigenvalue weighted by atomic mass is 9.98. The van der Waals surface area contributed by atoms with Gasteiger partial charge in [0.2, 0.25) is 11.8 Å². The van der Waals surface area contributed by atoms with Crippen molar-refractivity contribution in [2.24, 2.45) is 0 Å². The lowest BCUT2D eigenvalue weighted by molar-refractivity contribution is -0.137. The van der Waals surface area contributed by atoms with Gasteiger partial charge in [0.15, 0.2) is 0 Å². The van der Waals surface area contributed by atoms with Crippen LogP contribution in [0.3, 0.4) is 0 Å². The van der Waals surface area contributed by atoms with E-state index >= 15 is 0 Å². The Balaban J connectivity index is 1.55. The first-order valence-electron chi connectivity index (χ1n) is 12.1. The Morgan fingerprint density at radius 2 is 1.94 bits per heavy atom. The van der Waals surface area contributed by atoms with Crippen molar-refractivity contribution >= 4 is 28.8 Å². The van der Waals surface area contributed by atoms with Gasteiger partial charge in [-0.25, -0.2) is 0 Å². The third-order valence-electron chi connectivity index (χ3n) is 6.32. The number of aryl methyl sites for hydroxylation is 1. The van der Waals surface area contributed by atoms with Crippen molar-refractivity contribution < 1.29 is 27.5 Å². The number of rotatable bonds is 5. The molecular formula is C27H29F3N2O3. The van der Waals surface area contributed by atoms with E-state index in [0.717, 1.165) is 49.1 Å². The van der Waals surface area contributed by atoms with Gasteiger partial charge in [-0.1, -0.05) is 25.5 Å². The fraction of sp³-hybridized carbons (Fsp3) is 0.407. The molecule has 2 heterocycles. The Morgan fingerprint density at radius 1 is 1.11 bits per heavy atom. The van der Waals surface area contributed by atoms with E-state index in [1.54, 1.807) is 4.90 Å². The maximum atomic E-state index is 13.1. The molecule has 0 aromatic heterocycles. The average Bonchev–Trinajstić information content (AvgIpc) is 3.03. The number of nitrogens with zero attached hydrogens (tertiary/aromatic N) is 1. The summed E-state index contributed by atoms with van der Waals surface area (Å²) in [6.45, 7) is 2.99. The van der Waals surface area contributed by atoms with Crippen LogP contribution in [0.15, 0.2) is 42.5 Å². The van der Waals surface area contributed by atoms with Crippen LogP contribution >= 0.6 is 0 Å². The maximum absolute atomic E-state index is 13.1. The van der Waals surface area contributed by atoms with Crippen molar-refractivity contribution in [3.63, 3.8) is 0 Å². The van der Waals surface area contributed by atoms with Gasteiger partial charge in [-0.05, 0) is 67.5 Å². The number of hydrogen-bond acceptors (Lipinski definition) is 3. The molecule has 0 saturated carbocycles. The number of nitrogens with one attached hydrogen (secondary N) is 1. The average molecular weight is 487 g/mol. The van der Waals surface area contributed by atoms with E-state index in [4.69, 9.17) is 4.74 Å². The standard InChI is InChI=1S/C27H29F3N2O3/c1-2-3-8-26(34)32-13-4-6-18-9-11-21(17-23(18)32)31-25(33)15-19-7-5-14-35-24-16-20(27(28,29)30)10-12-22(19)24/h9-12,15-17H,2-8,13-14H2,1H3,(H,31,33). The fourth-order valence-electron chi connectivity index (χ4n) is 4.52. The van der Waals surface area contributed by atoms with E-state index < -0.39 is 11.7 Å². The Kier molecular flexibility index (Phi) is 7.48. The van der Waals surface area contributed by atoms with Crippen molar-refractivity contribution in [3.05, 3.63) is 59.2 Å². The summed E-state index contributed by atoms with van der Waals surface area (Å²) in [4.78, 5) is 27.4. The van der Waals surface area contributed by atoms with E-state index in [9.17, 15) is 22.8 Å². The maximum Gasteiger partial charge on any atom is 0.416 e. The van der Waals surface area contributed by atoms with Gasteiger partial charge in [0.1, 0.15) is 5.75 Å². The van der Waals surface area contributed by atoms with Crippen LogP contribution in [0.4, 0.5) is 24.5 Å². The van der Waals surface area contributed by atoms with Crippen LogP contribution in [-0.2, 0) is 22.2 Å². The summed E-state index contributed by atoms with van der Waals surface area (Å²) < 4.78 is 44.9. The molecule has 2 amide bonds. The molecule has 4 rings (SSSR count). The minimum atomic E-state index is -4.47. The van der Waals surface area contributed by atoms with Gasteiger partial charge in [0, 0.05) is 36.0 Å². The molecule has 0 saturated heterocycles. The Bertz CT molecular complexity index is 1140. The number of ether oxygens (including phenoxy) is 1. The van der Waals surface area contributed by atoms with Crippen LogP contribution in [0.25, 0.3) is 5.57 Å². The summed E-state index contributed by atoms with van der Waals surface area (Å²) in [7, 11) is 0. The number of anilines is 2. The largest absolute Gasteiger partial charge is 0.493 e. The SMILES string of the molecule is CCCCC(=O)N1CCCc2ccc(NC(=O)C=C3CCCOc4cc(C(F)(F)F)ccc43)cc21. The van der Waals surface area contributed by atoms with Crippen LogP contribution in [0.1, 0.15) is 62.1 Å². The van der Waals surface area contributed by atoms with E-state index in [1.165, 1.54) is 12.1 Å². The predicted molar refractivity (Wildman–Crippen MR) is 129 cm³/mol. The van der Waals surface area contributed by atoms with Crippen LogP contribution in [0.2, 0.25) is 0 Å². The molecule has 2 aromatic rings. The summed E-state index contributed by atoms with van der Waals surface area (Å²) >= 11 is 0. The second kappa shape index (κ2) is 10.5. The molecule has 186 valence electrons. The first-order valence-corrected chi connectivity index (χ1v) is 12.1. The summed E-state index contributed by atoms with van der Waals surface area (Å²) in [5, 5.41) is 2.85. The molecule has 2 aliphatic rings. The van der Waals surface area contributed by atoms with Crippen molar-refractivity contribution in [1.29, 1.82) is 0 Å². The molecule has 0 aliphatic carbocycles. The normalized spacial score (nSPS) is 16.7. The molecule has 2 aliphatic heterocycles. The minimum Gasteiger partial charge on any atom is -0.493 e. The summed E-state index contributed by atoms with van der Waals surface area (Å²) in [5.74, 6) is -0.162. The number of carbonyl (C=O) groups excluding carboxylic acids is 2. The molecule has 0 atom stereocenters. The van der Waals surface area contributed by atoms with Crippen molar-refractivity contribution in [1.82, 2.24) is 0 Å². The molecule has 0 fully saturated rings. The summed E-state index contributed by atoms with van der Waals surface area (Å²) in [6.07, 6.45) is 2.11. The van der Waals surface area contributed by atoms with Gasteiger partial charge in [-0.2, -0.15) is 13.2 Å². The lowest BCUT2D eigenvalue weighted by Gasteiger charge is -2.30. The van der Waals surface area contributed by atoms with Crippen molar-refractivity contribution in [2.45, 2.75) is 58.0 Å². The predicted octanol–water partition coefficient (Wildman–Crippen LogP) is 6.37. The number of hydrogen-bond donors (Lipinski definition) is 1. The molecule has 0 bridgehead atoms. The molecule has 35 heavy (non-hydrogen) atoms. The number of amides is 2. The first-order chi connectivity index (χ1) is 16.8. The number of halogens is 3.